The Morgan fingerprint density at radius 1 is 0.930 bits per heavy atom. The molecule has 0 atom stereocenters. The minimum absolute atomic E-state index is 0.0876. The highest BCUT2D eigenvalue weighted by atomic mass is 32.2. The number of pyridine rings is 1. The second kappa shape index (κ2) is 9.43. The molecule has 3 heterocycles. The molecular formula is C32H29N3O7S. The first-order valence-electron chi connectivity index (χ1n) is 14.2. The lowest BCUT2D eigenvalue weighted by Gasteiger charge is -2.39. The molecule has 2 aliphatic carbocycles. The van der Waals surface area contributed by atoms with Gasteiger partial charge in [-0.1, -0.05) is 17.7 Å². The van der Waals surface area contributed by atoms with Crippen LogP contribution in [0.3, 0.4) is 0 Å². The van der Waals surface area contributed by atoms with E-state index >= 15 is 0 Å². The van der Waals surface area contributed by atoms with Gasteiger partial charge in [0.05, 0.1) is 10.6 Å². The predicted octanol–water partition coefficient (Wildman–Crippen LogP) is 5.55. The number of aliphatic carboxylic acids is 2. The number of nitrogens with zero attached hydrogens (tertiary/aromatic N) is 3. The standard InChI is InChI=1S/C32H29N3O7S/c1-20-6-9-23(10-7-20)43(40,41)35-27(17-21-5-2-16-33-28(21)35)25-19-34(31(29(36)37)12-3-13-31)26-11-8-22(18-24(25)26)42-32(30(38)39)14-4-15-32/h2,5-11,16-19H,3-4,12-15H2,1H3,(H,36,37)(H,38,39). The highest BCUT2D eigenvalue weighted by Crippen LogP contribution is 2.46. The van der Waals surface area contributed by atoms with E-state index in [0.29, 0.717) is 59.0 Å². The van der Waals surface area contributed by atoms with Gasteiger partial charge in [-0.15, -0.1) is 0 Å². The summed E-state index contributed by atoms with van der Waals surface area (Å²) in [5.41, 5.74) is 0.0177. The van der Waals surface area contributed by atoms with Crippen LogP contribution in [0.5, 0.6) is 5.75 Å². The maximum atomic E-state index is 14.2. The summed E-state index contributed by atoms with van der Waals surface area (Å²) in [6.45, 7) is 1.87. The number of rotatable bonds is 8. The van der Waals surface area contributed by atoms with Crippen LogP contribution in [-0.2, 0) is 25.2 Å². The van der Waals surface area contributed by atoms with Crippen LogP contribution in [0.2, 0.25) is 0 Å². The minimum atomic E-state index is -4.15. The molecule has 220 valence electrons. The number of carboxylic acid groups (broad SMARTS) is 2. The largest absolute Gasteiger partial charge is 0.479 e. The summed E-state index contributed by atoms with van der Waals surface area (Å²) in [6, 6.07) is 16.9. The van der Waals surface area contributed by atoms with Crippen molar-refractivity contribution in [2.45, 2.75) is 61.5 Å². The van der Waals surface area contributed by atoms with Crippen LogP contribution >= 0.6 is 0 Å². The topological polar surface area (TPSA) is 141 Å². The molecule has 11 heteroatoms. The Kier molecular flexibility index (Phi) is 5.97. The minimum Gasteiger partial charge on any atom is -0.479 e. The first-order chi connectivity index (χ1) is 20.6. The molecule has 0 bridgehead atoms. The number of aromatic nitrogens is 3. The number of carbonyl (C=O) groups is 2. The van der Waals surface area contributed by atoms with Gasteiger partial charge in [-0.2, -0.15) is 0 Å². The second-order valence-electron chi connectivity index (χ2n) is 11.6. The summed E-state index contributed by atoms with van der Waals surface area (Å²) in [5.74, 6) is -1.68. The third-order valence-electron chi connectivity index (χ3n) is 9.04. The van der Waals surface area contributed by atoms with Gasteiger partial charge in [0.25, 0.3) is 10.0 Å². The lowest BCUT2D eigenvalue weighted by molar-refractivity contribution is -0.163. The van der Waals surface area contributed by atoms with Crippen LogP contribution in [0.25, 0.3) is 33.2 Å². The molecule has 5 aromatic rings. The van der Waals surface area contributed by atoms with Crippen LogP contribution in [-0.4, -0.2) is 49.7 Å². The van der Waals surface area contributed by atoms with E-state index in [4.69, 9.17) is 4.74 Å². The number of hydrogen-bond donors (Lipinski definition) is 2. The normalized spacial score (nSPS) is 17.3. The van der Waals surface area contributed by atoms with E-state index < -0.39 is 33.1 Å². The average molecular weight is 600 g/mol. The average Bonchev–Trinajstić information content (AvgIpc) is 3.49. The number of carboxylic acids is 2. The fraction of sp³-hybridized carbons (Fsp3) is 0.281. The Balaban J connectivity index is 1.50. The van der Waals surface area contributed by atoms with E-state index in [-0.39, 0.29) is 10.5 Å². The quantitative estimate of drug-likeness (QED) is 0.236. The van der Waals surface area contributed by atoms with E-state index in [1.807, 2.05) is 6.92 Å². The van der Waals surface area contributed by atoms with Crippen molar-refractivity contribution in [2.75, 3.05) is 0 Å². The van der Waals surface area contributed by atoms with Crippen LogP contribution in [0, 0.1) is 6.92 Å². The van der Waals surface area contributed by atoms with Gasteiger partial charge in [0, 0.05) is 34.2 Å². The number of benzene rings is 2. The molecule has 0 unspecified atom stereocenters. The molecule has 0 amide bonds. The zero-order valence-electron chi connectivity index (χ0n) is 23.4. The maximum absolute atomic E-state index is 14.2. The van der Waals surface area contributed by atoms with Gasteiger partial charge in [0.2, 0.25) is 5.60 Å². The van der Waals surface area contributed by atoms with Crippen LogP contribution < -0.4 is 4.74 Å². The highest BCUT2D eigenvalue weighted by Gasteiger charge is 2.48. The Hall–Kier alpha value is -4.64. The first-order valence-corrected chi connectivity index (χ1v) is 15.6. The number of aryl methyl sites for hydroxylation is 1. The summed E-state index contributed by atoms with van der Waals surface area (Å²) < 4.78 is 37.5. The molecule has 10 nitrogen and oxygen atoms in total. The summed E-state index contributed by atoms with van der Waals surface area (Å²) >= 11 is 0. The van der Waals surface area contributed by atoms with Gasteiger partial charge in [0.15, 0.2) is 5.65 Å². The van der Waals surface area contributed by atoms with Gasteiger partial charge >= 0.3 is 11.9 Å². The zero-order valence-corrected chi connectivity index (χ0v) is 24.2. The predicted molar refractivity (Wildman–Crippen MR) is 159 cm³/mol. The van der Waals surface area contributed by atoms with Gasteiger partial charge in [0.1, 0.15) is 11.3 Å². The molecule has 0 radical (unpaired) electrons. The van der Waals surface area contributed by atoms with Gasteiger partial charge in [-0.05, 0) is 94.0 Å². The Labute approximate surface area is 247 Å². The molecule has 43 heavy (non-hydrogen) atoms. The second-order valence-corrected chi connectivity index (χ2v) is 13.4. The third-order valence-corrected chi connectivity index (χ3v) is 10.8. The molecule has 3 aromatic heterocycles. The van der Waals surface area contributed by atoms with E-state index in [2.05, 4.69) is 4.98 Å². The van der Waals surface area contributed by atoms with Crippen molar-refractivity contribution in [3.63, 3.8) is 0 Å². The fourth-order valence-electron chi connectivity index (χ4n) is 6.24. The molecular weight excluding hydrogens is 570 g/mol. The molecule has 0 spiro atoms. The van der Waals surface area contributed by atoms with Crippen molar-refractivity contribution < 1.29 is 33.0 Å². The van der Waals surface area contributed by atoms with Gasteiger partial charge in [-0.3, -0.25) is 0 Å². The van der Waals surface area contributed by atoms with Crippen LogP contribution in [0.4, 0.5) is 0 Å². The first kappa shape index (κ1) is 27.2. The SMILES string of the molecule is Cc1ccc(S(=O)(=O)n2c(-c3cn(C4(C(=O)O)CCC4)c4ccc(OC5(C(=O)O)CCC5)cc34)cc3cccnc32)cc1. The van der Waals surface area contributed by atoms with Crippen molar-refractivity contribution in [1.29, 1.82) is 0 Å². The zero-order chi connectivity index (χ0) is 30.1. The molecule has 2 saturated carbocycles. The molecule has 2 aliphatic rings. The molecule has 2 N–H and O–H groups in total. The summed E-state index contributed by atoms with van der Waals surface area (Å²) in [6.07, 6.45) is 6.33. The number of ether oxygens (including phenoxy) is 1. The highest BCUT2D eigenvalue weighted by molar-refractivity contribution is 7.90. The Morgan fingerprint density at radius 2 is 1.65 bits per heavy atom. The van der Waals surface area contributed by atoms with Crippen molar-refractivity contribution in [3.8, 4) is 17.0 Å². The van der Waals surface area contributed by atoms with Crippen molar-refractivity contribution in [3.05, 3.63) is 78.6 Å². The molecule has 2 aromatic carbocycles. The van der Waals surface area contributed by atoms with E-state index in [1.165, 1.54) is 10.2 Å². The van der Waals surface area contributed by atoms with E-state index in [1.54, 1.807) is 71.4 Å². The monoisotopic (exact) mass is 599 g/mol. The Morgan fingerprint density at radius 3 is 2.26 bits per heavy atom. The molecule has 0 saturated heterocycles. The van der Waals surface area contributed by atoms with Crippen molar-refractivity contribution >= 4 is 43.9 Å². The number of hydrogen-bond acceptors (Lipinski definition) is 6. The van der Waals surface area contributed by atoms with Crippen LogP contribution in [0.1, 0.15) is 44.1 Å². The fourth-order valence-corrected chi connectivity index (χ4v) is 7.72. The van der Waals surface area contributed by atoms with Crippen molar-refractivity contribution in [1.82, 2.24) is 13.5 Å². The lowest BCUT2D eigenvalue weighted by Crippen LogP contribution is -2.50. The van der Waals surface area contributed by atoms with E-state index in [0.717, 1.165) is 18.4 Å². The van der Waals surface area contributed by atoms with Gasteiger partial charge in [-0.25, -0.2) is 27.0 Å². The van der Waals surface area contributed by atoms with E-state index in [9.17, 15) is 28.2 Å². The van der Waals surface area contributed by atoms with Crippen molar-refractivity contribution in [2.24, 2.45) is 0 Å². The smallest absolute Gasteiger partial charge is 0.348 e. The summed E-state index contributed by atoms with van der Waals surface area (Å²) in [5, 5.41) is 21.3. The molecule has 0 aliphatic heterocycles. The number of fused-ring (bicyclic) bond motifs is 2. The summed E-state index contributed by atoms with van der Waals surface area (Å²) in [7, 11) is -4.15. The van der Waals surface area contributed by atoms with Gasteiger partial charge < -0.3 is 19.5 Å². The third kappa shape index (κ3) is 3.98. The van der Waals surface area contributed by atoms with Crippen LogP contribution in [0.15, 0.2) is 78.0 Å². The summed E-state index contributed by atoms with van der Waals surface area (Å²) in [4.78, 5) is 29.2. The molecule has 2 fully saturated rings. The maximum Gasteiger partial charge on any atom is 0.348 e. The lowest BCUT2D eigenvalue weighted by atomic mass is 9.76. The Bertz CT molecular complexity index is 2050. The molecule has 7 rings (SSSR count).